The van der Waals surface area contributed by atoms with Crippen LogP contribution in [0.5, 0.6) is 0 Å². The van der Waals surface area contributed by atoms with Crippen LogP contribution in [0.1, 0.15) is 32.3 Å². The Hall–Kier alpha value is -1.84. The fourth-order valence-electron chi connectivity index (χ4n) is 2.10. The van der Waals surface area contributed by atoms with Crippen LogP contribution in [-0.4, -0.2) is 18.4 Å². The van der Waals surface area contributed by atoms with Crippen LogP contribution in [0.2, 0.25) is 0 Å². The van der Waals surface area contributed by atoms with Crippen LogP contribution in [0.15, 0.2) is 30.3 Å². The first-order valence-corrected chi connectivity index (χ1v) is 7.10. The molecule has 0 heterocycles. The summed E-state index contributed by atoms with van der Waals surface area (Å²) in [5.74, 6) is -0.804. The lowest BCUT2D eigenvalue weighted by Gasteiger charge is -2.16. The van der Waals surface area contributed by atoms with E-state index in [0.717, 1.165) is 12.8 Å². The van der Waals surface area contributed by atoms with Gasteiger partial charge in [0.2, 0.25) is 11.8 Å². The first-order chi connectivity index (χ1) is 9.50. The second-order valence-corrected chi connectivity index (χ2v) is 5.40. The SMILES string of the molecule is CC(C)C(CC(=O)NCCCc1ccccc1)C(N)=O. The number of benzene rings is 1. The quantitative estimate of drug-likeness (QED) is 0.712. The average molecular weight is 276 g/mol. The summed E-state index contributed by atoms with van der Waals surface area (Å²) in [6.07, 6.45) is 2.00. The zero-order valence-corrected chi connectivity index (χ0v) is 12.3. The highest BCUT2D eigenvalue weighted by molar-refractivity contribution is 5.84. The largest absolute Gasteiger partial charge is 0.369 e. The second-order valence-electron chi connectivity index (χ2n) is 5.40. The molecule has 0 radical (unpaired) electrons. The molecular formula is C16H24N2O2. The van der Waals surface area contributed by atoms with E-state index in [9.17, 15) is 9.59 Å². The van der Waals surface area contributed by atoms with E-state index in [1.165, 1.54) is 5.56 Å². The summed E-state index contributed by atoms with van der Waals surface area (Å²) in [6.45, 7) is 4.42. The van der Waals surface area contributed by atoms with Gasteiger partial charge in [0, 0.05) is 18.9 Å². The van der Waals surface area contributed by atoms with Crippen molar-refractivity contribution in [3.8, 4) is 0 Å². The summed E-state index contributed by atoms with van der Waals surface area (Å²) >= 11 is 0. The first kappa shape index (κ1) is 16.2. The number of carbonyl (C=O) groups is 2. The van der Waals surface area contributed by atoms with Gasteiger partial charge >= 0.3 is 0 Å². The third kappa shape index (κ3) is 5.87. The maximum absolute atomic E-state index is 11.8. The van der Waals surface area contributed by atoms with Gasteiger partial charge in [0.1, 0.15) is 0 Å². The number of nitrogens with one attached hydrogen (secondary N) is 1. The van der Waals surface area contributed by atoms with E-state index in [4.69, 9.17) is 5.73 Å². The van der Waals surface area contributed by atoms with Gasteiger partial charge in [-0.1, -0.05) is 44.2 Å². The van der Waals surface area contributed by atoms with Crippen molar-refractivity contribution in [2.24, 2.45) is 17.6 Å². The number of nitrogens with two attached hydrogens (primary N) is 1. The molecule has 3 N–H and O–H groups in total. The average Bonchev–Trinajstić information content (AvgIpc) is 2.41. The van der Waals surface area contributed by atoms with Crippen molar-refractivity contribution in [3.05, 3.63) is 35.9 Å². The Kier molecular flexibility index (Phi) is 6.77. The van der Waals surface area contributed by atoms with Gasteiger partial charge in [0.05, 0.1) is 0 Å². The lowest BCUT2D eigenvalue weighted by Crippen LogP contribution is -2.34. The van der Waals surface area contributed by atoms with Gasteiger partial charge in [-0.3, -0.25) is 9.59 Å². The Balaban J connectivity index is 2.24. The molecule has 2 amide bonds. The second kappa shape index (κ2) is 8.35. The molecule has 0 aliphatic carbocycles. The Labute approximate surface area is 120 Å². The number of hydrogen-bond donors (Lipinski definition) is 2. The van der Waals surface area contributed by atoms with E-state index in [2.05, 4.69) is 17.4 Å². The highest BCUT2D eigenvalue weighted by atomic mass is 16.2. The normalized spacial score (nSPS) is 12.2. The predicted octanol–water partition coefficient (Wildman–Crippen LogP) is 1.88. The van der Waals surface area contributed by atoms with Crippen molar-refractivity contribution < 1.29 is 9.59 Å². The summed E-state index contributed by atoms with van der Waals surface area (Å²) < 4.78 is 0. The zero-order valence-electron chi connectivity index (χ0n) is 12.3. The van der Waals surface area contributed by atoms with Crippen LogP contribution in [0.3, 0.4) is 0 Å². The minimum atomic E-state index is -0.403. The van der Waals surface area contributed by atoms with Gasteiger partial charge < -0.3 is 11.1 Å². The first-order valence-electron chi connectivity index (χ1n) is 7.10. The van der Waals surface area contributed by atoms with Crippen LogP contribution >= 0.6 is 0 Å². The van der Waals surface area contributed by atoms with Crippen molar-refractivity contribution in [3.63, 3.8) is 0 Å². The van der Waals surface area contributed by atoms with E-state index >= 15 is 0 Å². The summed E-state index contributed by atoms with van der Waals surface area (Å²) in [4.78, 5) is 23.0. The number of aryl methyl sites for hydroxylation is 1. The van der Waals surface area contributed by atoms with E-state index in [1.54, 1.807) is 0 Å². The van der Waals surface area contributed by atoms with Gasteiger partial charge in [-0.05, 0) is 24.3 Å². The van der Waals surface area contributed by atoms with E-state index in [0.29, 0.717) is 6.54 Å². The molecular weight excluding hydrogens is 252 g/mol. The molecule has 0 aliphatic heterocycles. The Morgan fingerprint density at radius 3 is 2.40 bits per heavy atom. The van der Waals surface area contributed by atoms with E-state index in [1.807, 2.05) is 32.0 Å². The van der Waals surface area contributed by atoms with Crippen molar-refractivity contribution in [1.29, 1.82) is 0 Å². The molecule has 0 bridgehead atoms. The molecule has 110 valence electrons. The fourth-order valence-corrected chi connectivity index (χ4v) is 2.10. The van der Waals surface area contributed by atoms with Crippen LogP contribution in [0.4, 0.5) is 0 Å². The molecule has 0 aromatic heterocycles. The van der Waals surface area contributed by atoms with Gasteiger partial charge in [-0.25, -0.2) is 0 Å². The fraction of sp³-hybridized carbons (Fsp3) is 0.500. The minimum Gasteiger partial charge on any atom is -0.369 e. The van der Waals surface area contributed by atoms with Crippen molar-refractivity contribution in [1.82, 2.24) is 5.32 Å². The molecule has 0 saturated heterocycles. The number of carbonyl (C=O) groups excluding carboxylic acids is 2. The predicted molar refractivity (Wildman–Crippen MR) is 79.9 cm³/mol. The van der Waals surface area contributed by atoms with Gasteiger partial charge in [-0.15, -0.1) is 0 Å². The molecule has 0 fully saturated rings. The summed E-state index contributed by atoms with van der Waals surface area (Å²) in [6, 6.07) is 10.1. The maximum atomic E-state index is 11.8. The Morgan fingerprint density at radius 2 is 1.85 bits per heavy atom. The molecule has 0 spiro atoms. The molecule has 4 heteroatoms. The lowest BCUT2D eigenvalue weighted by molar-refractivity contribution is -0.129. The smallest absolute Gasteiger partial charge is 0.221 e. The van der Waals surface area contributed by atoms with Crippen molar-refractivity contribution >= 4 is 11.8 Å². The van der Waals surface area contributed by atoms with Crippen LogP contribution in [-0.2, 0) is 16.0 Å². The van der Waals surface area contributed by atoms with Crippen LogP contribution in [0.25, 0.3) is 0 Å². The minimum absolute atomic E-state index is 0.0857. The molecule has 1 aromatic rings. The zero-order chi connectivity index (χ0) is 15.0. The topological polar surface area (TPSA) is 72.2 Å². The molecule has 4 nitrogen and oxygen atoms in total. The monoisotopic (exact) mass is 276 g/mol. The lowest BCUT2D eigenvalue weighted by atomic mass is 9.91. The van der Waals surface area contributed by atoms with Gasteiger partial charge in [-0.2, -0.15) is 0 Å². The number of rotatable bonds is 8. The molecule has 20 heavy (non-hydrogen) atoms. The molecule has 1 aromatic carbocycles. The number of hydrogen-bond acceptors (Lipinski definition) is 2. The van der Waals surface area contributed by atoms with Crippen molar-refractivity contribution in [2.75, 3.05) is 6.54 Å². The Morgan fingerprint density at radius 1 is 1.20 bits per heavy atom. The van der Waals surface area contributed by atoms with E-state index < -0.39 is 5.91 Å². The van der Waals surface area contributed by atoms with Gasteiger partial charge in [0.25, 0.3) is 0 Å². The van der Waals surface area contributed by atoms with Gasteiger partial charge in [0.15, 0.2) is 0 Å². The summed E-state index contributed by atoms with van der Waals surface area (Å²) in [5, 5.41) is 2.85. The van der Waals surface area contributed by atoms with Crippen LogP contribution in [0, 0.1) is 11.8 Å². The summed E-state index contributed by atoms with van der Waals surface area (Å²) in [5.41, 5.74) is 6.56. The van der Waals surface area contributed by atoms with E-state index in [-0.39, 0.29) is 24.2 Å². The number of amides is 2. The van der Waals surface area contributed by atoms with Crippen molar-refractivity contribution in [2.45, 2.75) is 33.1 Å². The third-order valence-electron chi connectivity index (χ3n) is 3.38. The van der Waals surface area contributed by atoms with Crippen LogP contribution < -0.4 is 11.1 Å². The standard InChI is InChI=1S/C16H24N2O2/c1-12(2)14(16(17)20)11-15(19)18-10-6-9-13-7-4-3-5-8-13/h3-5,7-8,12,14H,6,9-11H2,1-2H3,(H2,17,20)(H,18,19). The molecule has 0 saturated carbocycles. The Bertz CT molecular complexity index is 429. The molecule has 1 rings (SSSR count). The molecule has 0 aliphatic rings. The third-order valence-corrected chi connectivity index (χ3v) is 3.38. The molecule has 1 unspecified atom stereocenters. The molecule has 1 atom stereocenters. The highest BCUT2D eigenvalue weighted by Crippen LogP contribution is 2.14. The highest BCUT2D eigenvalue weighted by Gasteiger charge is 2.22. The number of primary amides is 1. The maximum Gasteiger partial charge on any atom is 0.221 e. The summed E-state index contributed by atoms with van der Waals surface area (Å²) in [7, 11) is 0.